The van der Waals surface area contributed by atoms with Crippen molar-refractivity contribution in [3.05, 3.63) is 0 Å². The highest BCUT2D eigenvalue weighted by Crippen LogP contribution is 1.96. The van der Waals surface area contributed by atoms with Gasteiger partial charge in [-0.1, -0.05) is 13.3 Å². The normalized spacial score (nSPS) is 11.9. The fraction of sp³-hybridized carbons (Fsp3) is 0.857. The third kappa shape index (κ3) is 6.05. The first-order valence-corrected chi connectivity index (χ1v) is 3.46. The Balaban J connectivity index is 0. The number of hydrogen-bond acceptors (Lipinski definition) is 2. The van der Waals surface area contributed by atoms with Crippen molar-refractivity contribution in [1.29, 1.82) is 0 Å². The van der Waals surface area contributed by atoms with Gasteiger partial charge in [-0.05, 0) is 13.3 Å². The highest BCUT2D eigenvalue weighted by atomic mass is 35.5. The van der Waals surface area contributed by atoms with Crippen LogP contribution in [0, 0.1) is 0 Å². The fourth-order valence-corrected chi connectivity index (χ4v) is 0.579. The molecule has 0 spiro atoms. The van der Waals surface area contributed by atoms with Gasteiger partial charge in [-0.2, -0.15) is 0 Å². The summed E-state index contributed by atoms with van der Waals surface area (Å²) in [6.07, 6.45) is 2.69. The second-order valence-corrected chi connectivity index (χ2v) is 2.36. The van der Waals surface area contributed by atoms with Crippen molar-refractivity contribution in [1.82, 2.24) is 0 Å². The SMILES string of the molecule is CCCCC(=O)C(C)N.Cl. The summed E-state index contributed by atoms with van der Waals surface area (Å²) in [6.45, 7) is 3.80. The first kappa shape index (κ1) is 12.6. The van der Waals surface area contributed by atoms with Crippen LogP contribution in [-0.2, 0) is 4.79 Å². The molecule has 0 fully saturated rings. The average molecular weight is 166 g/mol. The van der Waals surface area contributed by atoms with Crippen LogP contribution in [0.3, 0.4) is 0 Å². The molecule has 0 aliphatic heterocycles. The van der Waals surface area contributed by atoms with Crippen molar-refractivity contribution >= 4 is 18.2 Å². The predicted molar refractivity (Wildman–Crippen MR) is 45.4 cm³/mol. The maximum atomic E-state index is 10.8. The predicted octanol–water partition coefficient (Wildman–Crippen LogP) is 1.51. The molecule has 1 atom stereocenters. The van der Waals surface area contributed by atoms with E-state index in [0.29, 0.717) is 6.42 Å². The molecule has 2 N–H and O–H groups in total. The van der Waals surface area contributed by atoms with Gasteiger partial charge in [0, 0.05) is 6.42 Å². The highest BCUT2D eigenvalue weighted by molar-refractivity contribution is 5.85. The van der Waals surface area contributed by atoms with E-state index in [9.17, 15) is 4.79 Å². The molecule has 10 heavy (non-hydrogen) atoms. The summed E-state index contributed by atoms with van der Waals surface area (Å²) in [7, 11) is 0. The van der Waals surface area contributed by atoms with Crippen molar-refractivity contribution < 1.29 is 4.79 Å². The van der Waals surface area contributed by atoms with Gasteiger partial charge in [0.25, 0.3) is 0 Å². The number of hydrogen-bond donors (Lipinski definition) is 1. The average Bonchev–Trinajstić information content (AvgIpc) is 1.82. The fourth-order valence-electron chi connectivity index (χ4n) is 0.579. The van der Waals surface area contributed by atoms with Crippen molar-refractivity contribution in [2.75, 3.05) is 0 Å². The molecule has 0 aromatic rings. The molecule has 0 saturated carbocycles. The Morgan fingerprint density at radius 2 is 2.10 bits per heavy atom. The smallest absolute Gasteiger partial charge is 0.149 e. The maximum absolute atomic E-state index is 10.8. The molecule has 0 rings (SSSR count). The number of Topliss-reactive ketones (excluding diaryl/α,β-unsaturated/α-hetero) is 1. The lowest BCUT2D eigenvalue weighted by Crippen LogP contribution is -2.26. The topological polar surface area (TPSA) is 43.1 Å². The van der Waals surface area contributed by atoms with Crippen molar-refractivity contribution in [2.45, 2.75) is 39.2 Å². The monoisotopic (exact) mass is 165 g/mol. The minimum atomic E-state index is -0.267. The van der Waals surface area contributed by atoms with E-state index in [4.69, 9.17) is 5.73 Å². The van der Waals surface area contributed by atoms with Crippen LogP contribution in [-0.4, -0.2) is 11.8 Å². The van der Waals surface area contributed by atoms with Crippen molar-refractivity contribution in [2.24, 2.45) is 5.73 Å². The standard InChI is InChI=1S/C7H15NO.ClH/c1-3-4-5-7(9)6(2)8;/h6H,3-5,8H2,1-2H3;1H. The largest absolute Gasteiger partial charge is 0.322 e. The first-order valence-electron chi connectivity index (χ1n) is 3.46. The van der Waals surface area contributed by atoms with E-state index in [2.05, 4.69) is 6.92 Å². The number of ketones is 1. The number of carbonyl (C=O) groups excluding carboxylic acids is 1. The highest BCUT2D eigenvalue weighted by Gasteiger charge is 2.04. The lowest BCUT2D eigenvalue weighted by atomic mass is 10.1. The summed E-state index contributed by atoms with van der Waals surface area (Å²) in [5.74, 6) is 0.178. The van der Waals surface area contributed by atoms with E-state index in [1.54, 1.807) is 6.92 Å². The van der Waals surface area contributed by atoms with Crippen LogP contribution < -0.4 is 5.73 Å². The summed E-state index contributed by atoms with van der Waals surface area (Å²) < 4.78 is 0. The molecular weight excluding hydrogens is 150 g/mol. The number of nitrogens with two attached hydrogens (primary N) is 1. The van der Waals surface area contributed by atoms with Gasteiger partial charge >= 0.3 is 0 Å². The van der Waals surface area contributed by atoms with Gasteiger partial charge in [-0.3, -0.25) is 4.79 Å². The summed E-state index contributed by atoms with van der Waals surface area (Å²) in [5, 5.41) is 0. The molecule has 0 bridgehead atoms. The summed E-state index contributed by atoms with van der Waals surface area (Å²) in [4.78, 5) is 10.8. The minimum Gasteiger partial charge on any atom is -0.322 e. The maximum Gasteiger partial charge on any atom is 0.149 e. The summed E-state index contributed by atoms with van der Waals surface area (Å²) in [5.41, 5.74) is 5.33. The van der Waals surface area contributed by atoms with Crippen molar-refractivity contribution in [3.63, 3.8) is 0 Å². The zero-order valence-electron chi connectivity index (χ0n) is 6.59. The molecule has 3 heteroatoms. The molecular formula is C7H16ClNO. The van der Waals surface area contributed by atoms with E-state index in [1.807, 2.05) is 0 Å². The number of rotatable bonds is 4. The Hall–Kier alpha value is -0.0800. The second-order valence-electron chi connectivity index (χ2n) is 2.36. The Morgan fingerprint density at radius 1 is 1.60 bits per heavy atom. The number of carbonyl (C=O) groups is 1. The van der Waals surface area contributed by atoms with E-state index >= 15 is 0 Å². The van der Waals surface area contributed by atoms with Gasteiger partial charge in [-0.25, -0.2) is 0 Å². The molecule has 0 heterocycles. The Kier molecular flexibility index (Phi) is 8.85. The van der Waals surface area contributed by atoms with Crippen molar-refractivity contribution in [3.8, 4) is 0 Å². The molecule has 0 saturated heterocycles. The van der Waals surface area contributed by atoms with Gasteiger partial charge in [0.15, 0.2) is 0 Å². The zero-order chi connectivity index (χ0) is 7.28. The van der Waals surface area contributed by atoms with Crippen LogP contribution in [0.2, 0.25) is 0 Å². The van der Waals surface area contributed by atoms with Crippen LogP contribution in [0.15, 0.2) is 0 Å². The van der Waals surface area contributed by atoms with E-state index < -0.39 is 0 Å². The summed E-state index contributed by atoms with van der Waals surface area (Å²) >= 11 is 0. The Bertz CT molecular complexity index is 93.6. The van der Waals surface area contributed by atoms with Gasteiger partial charge in [0.2, 0.25) is 0 Å². The Morgan fingerprint density at radius 3 is 2.40 bits per heavy atom. The first-order chi connectivity index (χ1) is 4.18. The van der Waals surface area contributed by atoms with Gasteiger partial charge < -0.3 is 5.73 Å². The third-order valence-corrected chi connectivity index (χ3v) is 1.28. The molecule has 0 aromatic carbocycles. The minimum absolute atomic E-state index is 0. The molecule has 0 aromatic heterocycles. The second kappa shape index (κ2) is 7.03. The molecule has 0 aliphatic carbocycles. The van der Waals surface area contributed by atoms with E-state index in [-0.39, 0.29) is 24.2 Å². The molecule has 1 unspecified atom stereocenters. The number of halogens is 1. The molecule has 0 radical (unpaired) electrons. The van der Waals surface area contributed by atoms with Crippen LogP contribution in [0.1, 0.15) is 33.1 Å². The van der Waals surface area contributed by atoms with Gasteiger partial charge in [0.05, 0.1) is 6.04 Å². The van der Waals surface area contributed by atoms with Crippen LogP contribution in [0.4, 0.5) is 0 Å². The third-order valence-electron chi connectivity index (χ3n) is 1.28. The van der Waals surface area contributed by atoms with E-state index in [0.717, 1.165) is 12.8 Å². The number of unbranched alkanes of at least 4 members (excludes halogenated alkanes) is 1. The lowest BCUT2D eigenvalue weighted by molar-refractivity contribution is -0.120. The van der Waals surface area contributed by atoms with Crippen LogP contribution >= 0.6 is 12.4 Å². The molecule has 0 aliphatic rings. The lowest BCUT2D eigenvalue weighted by Gasteiger charge is -2.00. The van der Waals surface area contributed by atoms with Gasteiger partial charge in [-0.15, -0.1) is 12.4 Å². The van der Waals surface area contributed by atoms with Crippen LogP contribution in [0.5, 0.6) is 0 Å². The summed E-state index contributed by atoms with van der Waals surface area (Å²) in [6, 6.07) is -0.267. The quantitative estimate of drug-likeness (QED) is 0.687. The van der Waals surface area contributed by atoms with Gasteiger partial charge in [0.1, 0.15) is 5.78 Å². The molecule has 0 amide bonds. The van der Waals surface area contributed by atoms with E-state index in [1.165, 1.54) is 0 Å². The zero-order valence-corrected chi connectivity index (χ0v) is 7.41. The van der Waals surface area contributed by atoms with Crippen LogP contribution in [0.25, 0.3) is 0 Å². The molecule has 62 valence electrons. The Labute approximate surface area is 68.6 Å². The molecule has 2 nitrogen and oxygen atoms in total.